The molecule has 1 aliphatic heterocycles. The topological polar surface area (TPSA) is 9.23 Å². The minimum absolute atomic E-state index is 0. The summed E-state index contributed by atoms with van der Waals surface area (Å²) in [4.78, 5) is 0. The zero-order chi connectivity index (χ0) is 16.6. The molecule has 1 saturated heterocycles. The van der Waals surface area contributed by atoms with Crippen LogP contribution in [0.5, 0.6) is 0 Å². The van der Waals surface area contributed by atoms with Crippen molar-refractivity contribution in [3.63, 3.8) is 0 Å². The number of quaternary nitrogens is 1. The molecular weight excluding hydrogens is 362 g/mol. The third kappa shape index (κ3) is 13.7. The zero-order valence-electron chi connectivity index (χ0n) is 16.7. The van der Waals surface area contributed by atoms with E-state index >= 15 is 0 Å². The molecule has 0 bridgehead atoms. The fourth-order valence-electron chi connectivity index (χ4n) is 3.70. The molecule has 3 heteroatoms. The van der Waals surface area contributed by atoms with Crippen LogP contribution >= 0.6 is 0 Å². The summed E-state index contributed by atoms with van der Waals surface area (Å²) in [5, 5.41) is 0. The Morgan fingerprint density at radius 1 is 0.625 bits per heavy atom. The Morgan fingerprint density at radius 2 is 1.00 bits per heavy atom. The fourth-order valence-corrected chi connectivity index (χ4v) is 3.70. The van der Waals surface area contributed by atoms with Crippen LogP contribution in [0.3, 0.4) is 0 Å². The summed E-state index contributed by atoms with van der Waals surface area (Å²) in [6.45, 7) is 8.03. The SMILES string of the molecule is CCCCCCCCCCCCCCCC[N+]1(C)CCOCC1.[Br-]. The van der Waals surface area contributed by atoms with E-state index in [1.54, 1.807) is 0 Å². The number of rotatable bonds is 15. The van der Waals surface area contributed by atoms with Crippen LogP contribution in [0.15, 0.2) is 0 Å². The number of halogens is 1. The summed E-state index contributed by atoms with van der Waals surface area (Å²) in [5.74, 6) is 0. The van der Waals surface area contributed by atoms with Gasteiger partial charge in [0.15, 0.2) is 0 Å². The maximum atomic E-state index is 5.47. The van der Waals surface area contributed by atoms with Crippen LogP contribution in [-0.4, -0.2) is 44.4 Å². The number of morpholine rings is 1. The molecule has 2 nitrogen and oxygen atoms in total. The first-order valence-electron chi connectivity index (χ1n) is 10.7. The number of nitrogens with zero attached hydrogens (tertiary/aromatic N) is 1. The van der Waals surface area contributed by atoms with E-state index in [9.17, 15) is 0 Å². The van der Waals surface area contributed by atoms with Crippen molar-refractivity contribution in [2.45, 2.75) is 96.8 Å². The largest absolute Gasteiger partial charge is 1.00 e. The first-order valence-corrected chi connectivity index (χ1v) is 10.7. The highest BCUT2D eigenvalue weighted by Crippen LogP contribution is 2.14. The predicted octanol–water partition coefficient (Wildman–Crippen LogP) is 2.95. The summed E-state index contributed by atoms with van der Waals surface area (Å²) >= 11 is 0. The van der Waals surface area contributed by atoms with Crippen molar-refractivity contribution in [3.8, 4) is 0 Å². The summed E-state index contributed by atoms with van der Waals surface area (Å²) in [6, 6.07) is 0. The molecule has 0 aromatic rings. The second kappa shape index (κ2) is 16.8. The molecule has 0 N–H and O–H groups in total. The molecule has 0 radical (unpaired) electrons. The number of ether oxygens (including phenoxy) is 1. The molecule has 0 unspecified atom stereocenters. The van der Waals surface area contributed by atoms with Gasteiger partial charge in [-0.1, -0.05) is 84.0 Å². The highest BCUT2D eigenvalue weighted by molar-refractivity contribution is 4.51. The van der Waals surface area contributed by atoms with E-state index in [2.05, 4.69) is 14.0 Å². The van der Waals surface area contributed by atoms with Crippen molar-refractivity contribution in [2.24, 2.45) is 0 Å². The molecule has 1 rings (SSSR count). The van der Waals surface area contributed by atoms with Crippen LogP contribution in [0.2, 0.25) is 0 Å². The Kier molecular flexibility index (Phi) is 17.1. The molecule has 146 valence electrons. The summed E-state index contributed by atoms with van der Waals surface area (Å²) in [6.07, 6.45) is 20.3. The van der Waals surface area contributed by atoms with Gasteiger partial charge in [-0.25, -0.2) is 0 Å². The van der Waals surface area contributed by atoms with E-state index in [-0.39, 0.29) is 17.0 Å². The van der Waals surface area contributed by atoms with Crippen molar-refractivity contribution in [1.29, 1.82) is 0 Å². The molecule has 24 heavy (non-hydrogen) atoms. The molecule has 1 fully saturated rings. The van der Waals surface area contributed by atoms with Crippen molar-refractivity contribution >= 4 is 0 Å². The van der Waals surface area contributed by atoms with E-state index in [0.29, 0.717) is 0 Å². The van der Waals surface area contributed by atoms with Gasteiger partial charge in [-0.15, -0.1) is 0 Å². The van der Waals surface area contributed by atoms with Gasteiger partial charge < -0.3 is 26.2 Å². The summed E-state index contributed by atoms with van der Waals surface area (Å²) in [5.41, 5.74) is 0. The van der Waals surface area contributed by atoms with Crippen molar-refractivity contribution in [2.75, 3.05) is 39.9 Å². The predicted molar refractivity (Wildman–Crippen MR) is 102 cm³/mol. The number of hydrogen-bond donors (Lipinski definition) is 0. The first kappa shape index (κ1) is 24.4. The minimum atomic E-state index is 0. The van der Waals surface area contributed by atoms with Crippen LogP contribution in [0.4, 0.5) is 0 Å². The highest BCUT2D eigenvalue weighted by Gasteiger charge is 2.23. The quantitative estimate of drug-likeness (QED) is 0.300. The van der Waals surface area contributed by atoms with Crippen molar-refractivity contribution in [3.05, 3.63) is 0 Å². The molecule has 0 amide bonds. The van der Waals surface area contributed by atoms with Gasteiger partial charge in [-0.05, 0) is 12.8 Å². The Hall–Kier alpha value is 0.400. The molecule has 0 aliphatic carbocycles. The van der Waals surface area contributed by atoms with E-state index < -0.39 is 0 Å². The molecule has 1 aliphatic rings. The molecule has 0 aromatic carbocycles. The Bertz CT molecular complexity index is 254. The number of likely N-dealkylation sites (N-methyl/N-ethyl adjacent to an activating group) is 1. The van der Waals surface area contributed by atoms with E-state index in [0.717, 1.165) is 13.2 Å². The highest BCUT2D eigenvalue weighted by atomic mass is 79.9. The zero-order valence-corrected chi connectivity index (χ0v) is 18.3. The minimum Gasteiger partial charge on any atom is -1.00 e. The van der Waals surface area contributed by atoms with Crippen molar-refractivity contribution < 1.29 is 26.2 Å². The van der Waals surface area contributed by atoms with Gasteiger partial charge in [0.05, 0.1) is 26.8 Å². The van der Waals surface area contributed by atoms with Gasteiger partial charge in [-0.2, -0.15) is 0 Å². The maximum absolute atomic E-state index is 5.47. The summed E-state index contributed by atoms with van der Waals surface area (Å²) < 4.78 is 6.72. The Balaban J connectivity index is 0.00000529. The van der Waals surface area contributed by atoms with Crippen molar-refractivity contribution in [1.82, 2.24) is 0 Å². The maximum Gasteiger partial charge on any atom is 0.102 e. The van der Waals surface area contributed by atoms with Crippen LogP contribution in [0.1, 0.15) is 96.8 Å². The lowest BCUT2D eigenvalue weighted by atomic mass is 10.0. The van der Waals surface area contributed by atoms with Gasteiger partial charge >= 0.3 is 0 Å². The molecule has 0 aromatic heterocycles. The number of hydrogen-bond acceptors (Lipinski definition) is 1. The molecule has 1 heterocycles. The van der Waals surface area contributed by atoms with Gasteiger partial charge in [-0.3, -0.25) is 0 Å². The molecule has 0 saturated carbocycles. The monoisotopic (exact) mass is 405 g/mol. The van der Waals surface area contributed by atoms with Gasteiger partial charge in [0.2, 0.25) is 0 Å². The van der Waals surface area contributed by atoms with E-state index in [1.165, 1.54) is 114 Å². The summed E-state index contributed by atoms with van der Waals surface area (Å²) in [7, 11) is 2.41. The first-order chi connectivity index (χ1) is 11.3. The van der Waals surface area contributed by atoms with Gasteiger partial charge in [0, 0.05) is 0 Å². The Morgan fingerprint density at radius 3 is 1.42 bits per heavy atom. The molecule has 0 atom stereocenters. The lowest BCUT2D eigenvalue weighted by Gasteiger charge is -2.37. The van der Waals surface area contributed by atoms with Gasteiger partial charge in [0.25, 0.3) is 0 Å². The molecular formula is C21H44BrNO. The van der Waals surface area contributed by atoms with E-state index in [4.69, 9.17) is 4.74 Å². The standard InChI is InChI=1S/C21H44NO.BrH/c1-3-4-5-6-7-8-9-10-11-12-13-14-15-16-17-22(2)18-20-23-21-19-22;/h3-21H2,1-2H3;1H/q+1;/p-1. The van der Waals surface area contributed by atoms with Crippen LogP contribution in [-0.2, 0) is 4.74 Å². The average molecular weight is 406 g/mol. The third-order valence-corrected chi connectivity index (χ3v) is 5.60. The molecule has 0 spiro atoms. The van der Waals surface area contributed by atoms with Gasteiger partial charge in [0.1, 0.15) is 13.1 Å². The number of unbranched alkanes of at least 4 members (excludes halogenated alkanes) is 13. The third-order valence-electron chi connectivity index (χ3n) is 5.60. The smallest absolute Gasteiger partial charge is 0.102 e. The second-order valence-corrected chi connectivity index (χ2v) is 8.00. The fraction of sp³-hybridized carbons (Fsp3) is 1.00. The van der Waals surface area contributed by atoms with Crippen LogP contribution in [0, 0.1) is 0 Å². The lowest BCUT2D eigenvalue weighted by Crippen LogP contribution is -3.00. The Labute approximate surface area is 163 Å². The second-order valence-electron chi connectivity index (χ2n) is 8.00. The average Bonchev–Trinajstić information content (AvgIpc) is 2.56. The van der Waals surface area contributed by atoms with Crippen LogP contribution in [0.25, 0.3) is 0 Å². The van der Waals surface area contributed by atoms with E-state index in [1.807, 2.05) is 0 Å². The normalized spacial score (nSPS) is 16.8. The lowest BCUT2D eigenvalue weighted by molar-refractivity contribution is -0.917. The van der Waals surface area contributed by atoms with Crippen LogP contribution < -0.4 is 17.0 Å².